The summed E-state index contributed by atoms with van der Waals surface area (Å²) in [7, 11) is -9.74. The predicted octanol–water partition coefficient (Wildman–Crippen LogP) is 5.16. The maximum Gasteiger partial charge on any atom is 0.303 e. The molecule has 1 N–H and O–H groups in total. The van der Waals surface area contributed by atoms with E-state index in [1.54, 1.807) is 11.8 Å². The number of thioether (sulfide) groups is 1. The number of likely N-dealkylation sites (tertiary alicyclic amines) is 1. The third-order valence-corrected chi connectivity index (χ3v) is 18.1. The van der Waals surface area contributed by atoms with E-state index in [2.05, 4.69) is 9.48 Å². The van der Waals surface area contributed by atoms with Crippen molar-refractivity contribution >= 4 is 43.0 Å². The molecule has 2 heterocycles. The van der Waals surface area contributed by atoms with Gasteiger partial charge in [0.15, 0.2) is 6.04 Å². The third kappa shape index (κ3) is 9.84. The maximum absolute atomic E-state index is 12.5. The van der Waals surface area contributed by atoms with Gasteiger partial charge in [-0.25, -0.2) is 21.4 Å². The average Bonchev–Trinajstić information content (AvgIpc) is 3.59. The molecule has 2 aliphatic heterocycles. The van der Waals surface area contributed by atoms with E-state index >= 15 is 0 Å². The molecular weight excluding hydrogens is 813 g/mol. The molecule has 4 aliphatic carbocycles. The van der Waals surface area contributed by atoms with E-state index in [4.69, 9.17) is 5.11 Å². The first-order chi connectivity index (χ1) is 27.3. The maximum atomic E-state index is 12.5. The highest BCUT2D eigenvalue weighted by Gasteiger charge is 2.59. The lowest BCUT2D eigenvalue weighted by Gasteiger charge is -2.52. The van der Waals surface area contributed by atoms with Crippen LogP contribution >= 0.6 is 11.8 Å². The minimum Gasteiger partial charge on any atom is -0.748 e. The van der Waals surface area contributed by atoms with Gasteiger partial charge in [-0.3, -0.25) is 25.0 Å². The molecule has 6 rings (SSSR count). The van der Waals surface area contributed by atoms with E-state index in [0.29, 0.717) is 63.3 Å². The van der Waals surface area contributed by atoms with Crippen molar-refractivity contribution in [2.24, 2.45) is 29.1 Å². The van der Waals surface area contributed by atoms with Crippen LogP contribution in [0, 0.1) is 49.3 Å². The number of unbranched alkanes of at least 4 members (excludes halogenated alkanes) is 2. The van der Waals surface area contributed by atoms with Crippen LogP contribution in [0.25, 0.3) is 0 Å². The first-order valence-corrected chi connectivity index (χ1v) is 24.6. The van der Waals surface area contributed by atoms with Gasteiger partial charge in [0.2, 0.25) is 17.1 Å². The summed E-state index contributed by atoms with van der Waals surface area (Å²) in [4.78, 5) is 36.2. The fraction of sp³-hybridized carbons (Fsp3) is 0.795. The smallest absolute Gasteiger partial charge is 0.303 e. The first-order valence-electron chi connectivity index (χ1n) is 20.8. The molecule has 10 unspecified atom stereocenters. The van der Waals surface area contributed by atoms with Crippen LogP contribution in [0.2, 0.25) is 0 Å². The number of carboxylic acid groups (broad SMARTS) is 1. The van der Waals surface area contributed by atoms with Crippen molar-refractivity contribution in [3.63, 3.8) is 0 Å². The molecule has 4 saturated carbocycles. The van der Waals surface area contributed by atoms with Gasteiger partial charge in [-0.05, 0) is 87.0 Å². The normalized spacial score (nSPS) is 36.0. The van der Waals surface area contributed by atoms with Crippen molar-refractivity contribution in [2.75, 3.05) is 13.1 Å². The molecule has 5 fully saturated rings. The summed E-state index contributed by atoms with van der Waals surface area (Å²) in [6, 6.07) is -1.69. The van der Waals surface area contributed by atoms with Gasteiger partial charge in [0.1, 0.15) is 6.54 Å². The van der Waals surface area contributed by atoms with Crippen LogP contribution in [0.5, 0.6) is 0 Å². The minimum atomic E-state index is -4.88. The predicted molar refractivity (Wildman–Crippen MR) is 215 cm³/mol. The van der Waals surface area contributed by atoms with Crippen LogP contribution in [-0.4, -0.2) is 114 Å². The topological polar surface area (TPSA) is 244 Å². The quantitative estimate of drug-likeness (QED) is 0.0558. The Morgan fingerprint density at radius 1 is 0.879 bits per heavy atom. The zero-order chi connectivity index (χ0) is 42.2. The van der Waals surface area contributed by atoms with Crippen LogP contribution in [0.15, 0.2) is 36.1 Å². The number of carboxylic acids is 1. The number of nitrogens with zero attached hydrogens (tertiary/aromatic N) is 4. The van der Waals surface area contributed by atoms with Crippen molar-refractivity contribution in [2.45, 2.75) is 150 Å². The van der Waals surface area contributed by atoms with Gasteiger partial charge < -0.3 is 19.1 Å². The number of fused-ring (bicyclic) bond motifs is 4. The van der Waals surface area contributed by atoms with Gasteiger partial charge in [0, 0.05) is 71.2 Å². The number of allylic oxidation sites excluding steroid dienone is 5. The largest absolute Gasteiger partial charge is 0.748 e. The summed E-state index contributed by atoms with van der Waals surface area (Å²) in [5.41, 5.74) is 0.369. The average molecular weight is 870 g/mol. The van der Waals surface area contributed by atoms with Crippen molar-refractivity contribution in [1.82, 2.24) is 4.90 Å². The highest BCUT2D eigenvalue weighted by atomic mass is 32.2. The van der Waals surface area contributed by atoms with Crippen LogP contribution in [0.3, 0.4) is 0 Å². The van der Waals surface area contributed by atoms with Crippen molar-refractivity contribution in [3.05, 3.63) is 56.3 Å². The van der Waals surface area contributed by atoms with Crippen molar-refractivity contribution in [1.29, 1.82) is 0 Å². The number of hydrogen-bond acceptors (Lipinski definition) is 13. The van der Waals surface area contributed by atoms with Gasteiger partial charge in [-0.1, -0.05) is 44.9 Å². The highest BCUT2D eigenvalue weighted by Crippen LogP contribution is 2.60. The SMILES string of the molecule is CC1(C)\C(=C/C=C/C=C/C2=[N+](CC3CC([N+](=O)[O-])CC([N+](=O)[O-])C3)C3CCCCC3S2)N(CCCCCC(=O)O)C2CCC3C(CC(S(=O)(=O)[O-])CC3S(=O)(=O)[O-])C21. The summed E-state index contributed by atoms with van der Waals surface area (Å²) < 4.78 is 76.9. The Hall–Kier alpha value is -2.87. The van der Waals surface area contributed by atoms with E-state index in [-0.39, 0.29) is 53.0 Å². The summed E-state index contributed by atoms with van der Waals surface area (Å²) in [6.07, 6.45) is 17.2. The lowest BCUT2D eigenvalue weighted by molar-refractivity contribution is -0.590. The molecule has 0 amide bonds. The number of rotatable bonds is 15. The van der Waals surface area contributed by atoms with E-state index in [1.807, 2.05) is 44.2 Å². The van der Waals surface area contributed by atoms with Crippen LogP contribution in [-0.2, 0) is 25.0 Å². The second kappa shape index (κ2) is 18.0. The minimum absolute atomic E-state index is 0.000426. The third-order valence-electron chi connectivity index (χ3n) is 14.1. The van der Waals surface area contributed by atoms with E-state index in [1.165, 1.54) is 0 Å². The molecule has 58 heavy (non-hydrogen) atoms. The molecule has 10 atom stereocenters. The fourth-order valence-electron chi connectivity index (χ4n) is 11.7. The molecule has 0 spiro atoms. The molecule has 0 radical (unpaired) electrons. The summed E-state index contributed by atoms with van der Waals surface area (Å²) in [5, 5.41) is 31.1. The molecule has 0 bridgehead atoms. The second-order valence-corrected chi connectivity index (χ2v) is 22.5. The number of aliphatic carboxylic acids is 1. The van der Waals surface area contributed by atoms with Crippen LogP contribution in [0.1, 0.15) is 110 Å². The molecule has 1 saturated heterocycles. The number of hydrogen-bond donors (Lipinski definition) is 1. The molecule has 324 valence electrons. The monoisotopic (exact) mass is 869 g/mol. The molecular formula is C39H57N4O12S3-. The standard InChI is InChI=1S/C39H58N4O12S3/c1-39(2)35(13-5-3-6-14-36-41(31-11-8-9-12-33(31)56-36)24-25-19-26(42(46)47)21-27(20-25)43(48)49)40(18-10-4-7-15-37(44)45)32-17-16-29-30(38(32)39)22-28(57(50,51)52)23-34(29)58(53,54)55/h3,5-6,13-14,25-34,38H,4,7-12,15-24H2,1-2H3,(H2-,44,45,50,51,52,53,54,55)/p-1. The van der Waals surface area contributed by atoms with Crippen molar-refractivity contribution in [3.8, 4) is 0 Å². The van der Waals surface area contributed by atoms with Crippen molar-refractivity contribution < 1.29 is 50.3 Å². The lowest BCUT2D eigenvalue weighted by atomic mass is 9.57. The van der Waals surface area contributed by atoms with Gasteiger partial charge >= 0.3 is 5.97 Å². The van der Waals surface area contributed by atoms with E-state index in [9.17, 15) is 51.0 Å². The molecule has 6 aliphatic rings. The summed E-state index contributed by atoms with van der Waals surface area (Å²) >= 11 is 1.80. The molecule has 0 aromatic heterocycles. The Kier molecular flexibility index (Phi) is 13.9. The Morgan fingerprint density at radius 3 is 2.21 bits per heavy atom. The Labute approximate surface area is 345 Å². The van der Waals surface area contributed by atoms with Gasteiger partial charge in [-0.2, -0.15) is 0 Å². The Morgan fingerprint density at radius 2 is 1.57 bits per heavy atom. The van der Waals surface area contributed by atoms with Gasteiger partial charge in [-0.15, -0.1) is 0 Å². The zero-order valence-corrected chi connectivity index (χ0v) is 35.7. The first kappa shape index (κ1) is 44.7. The molecule has 19 heteroatoms. The Bertz CT molecular complexity index is 1910. The second-order valence-electron chi connectivity index (χ2n) is 18.0. The van der Waals surface area contributed by atoms with Crippen LogP contribution in [0.4, 0.5) is 0 Å². The number of carbonyl (C=O) groups is 1. The molecule has 16 nitrogen and oxygen atoms in total. The van der Waals surface area contributed by atoms with Crippen LogP contribution < -0.4 is 0 Å². The Balaban J connectivity index is 1.27. The van der Waals surface area contributed by atoms with E-state index in [0.717, 1.165) is 36.4 Å². The summed E-state index contributed by atoms with van der Waals surface area (Å²) in [5.74, 6) is -2.32. The molecule has 0 aromatic rings. The fourth-order valence-corrected chi connectivity index (χ4v) is 15.5. The highest BCUT2D eigenvalue weighted by molar-refractivity contribution is 8.14. The lowest BCUT2D eigenvalue weighted by Crippen LogP contribution is -2.54. The molecule has 0 aromatic carbocycles. The van der Waals surface area contributed by atoms with E-state index < -0.39 is 72.5 Å². The van der Waals surface area contributed by atoms with Gasteiger partial charge in [0.05, 0.1) is 42.4 Å². The summed E-state index contributed by atoms with van der Waals surface area (Å²) in [6.45, 7) is 5.23. The zero-order valence-electron chi connectivity index (χ0n) is 33.2. The number of nitro groups is 2. The van der Waals surface area contributed by atoms with Gasteiger partial charge in [0.25, 0.3) is 0 Å².